The summed E-state index contributed by atoms with van der Waals surface area (Å²) in [6.07, 6.45) is 3.77. The molecule has 122 valence electrons. The standard InChI is InChI=1S/C16H22ClNO4/c1-2-21-14-11-12(16(19)20)10-13(17)15(14)22-9-8-18-6-4-3-5-7-18/h10-11H,2-9H2,1H3,(H,19,20). The van der Waals surface area contributed by atoms with Crippen LogP contribution in [0.4, 0.5) is 0 Å². The van der Waals surface area contributed by atoms with Crippen LogP contribution in [0.3, 0.4) is 0 Å². The molecule has 1 N–H and O–H groups in total. The minimum absolute atomic E-state index is 0.0943. The fraction of sp³-hybridized carbons (Fsp3) is 0.562. The fourth-order valence-electron chi connectivity index (χ4n) is 2.55. The van der Waals surface area contributed by atoms with Crippen LogP contribution < -0.4 is 9.47 Å². The molecule has 1 aromatic rings. The summed E-state index contributed by atoms with van der Waals surface area (Å²) in [6.45, 7) is 5.80. The smallest absolute Gasteiger partial charge is 0.335 e. The molecule has 0 aromatic heterocycles. The van der Waals surface area contributed by atoms with Gasteiger partial charge >= 0.3 is 5.97 Å². The van der Waals surface area contributed by atoms with Crippen LogP contribution in [0.5, 0.6) is 11.5 Å². The van der Waals surface area contributed by atoms with Crippen LogP contribution in [0.15, 0.2) is 12.1 Å². The third-order valence-corrected chi connectivity index (χ3v) is 3.94. The number of carbonyl (C=O) groups is 1. The van der Waals surface area contributed by atoms with E-state index in [-0.39, 0.29) is 10.6 Å². The molecule has 1 aliphatic rings. The molecule has 0 radical (unpaired) electrons. The fourth-order valence-corrected chi connectivity index (χ4v) is 2.82. The Morgan fingerprint density at radius 2 is 2.00 bits per heavy atom. The zero-order valence-electron chi connectivity index (χ0n) is 12.8. The number of aromatic carboxylic acids is 1. The first kappa shape index (κ1) is 16.9. The molecule has 1 aliphatic heterocycles. The van der Waals surface area contributed by atoms with Crippen molar-refractivity contribution in [1.29, 1.82) is 0 Å². The molecule has 0 aliphatic carbocycles. The number of halogens is 1. The zero-order chi connectivity index (χ0) is 15.9. The molecule has 1 fully saturated rings. The number of piperidine rings is 1. The second-order valence-electron chi connectivity index (χ2n) is 5.27. The lowest BCUT2D eigenvalue weighted by atomic mass is 10.1. The molecular formula is C16H22ClNO4. The van der Waals surface area contributed by atoms with Crippen LogP contribution in [0, 0.1) is 0 Å². The topological polar surface area (TPSA) is 59.0 Å². The molecule has 0 atom stereocenters. The number of ether oxygens (including phenoxy) is 2. The van der Waals surface area contributed by atoms with Crippen LogP contribution >= 0.6 is 11.6 Å². The van der Waals surface area contributed by atoms with Crippen molar-refractivity contribution >= 4 is 17.6 Å². The summed E-state index contributed by atoms with van der Waals surface area (Å²) in [5.74, 6) is -0.237. The molecule has 1 heterocycles. The van der Waals surface area contributed by atoms with Crippen molar-refractivity contribution in [3.8, 4) is 11.5 Å². The van der Waals surface area contributed by atoms with Crippen molar-refractivity contribution in [1.82, 2.24) is 4.90 Å². The number of likely N-dealkylation sites (tertiary alicyclic amines) is 1. The van der Waals surface area contributed by atoms with Crippen molar-refractivity contribution in [2.24, 2.45) is 0 Å². The number of hydrogen-bond acceptors (Lipinski definition) is 4. The van der Waals surface area contributed by atoms with E-state index in [4.69, 9.17) is 26.2 Å². The minimum atomic E-state index is -1.04. The van der Waals surface area contributed by atoms with Gasteiger partial charge in [0.15, 0.2) is 11.5 Å². The Hall–Kier alpha value is -1.46. The van der Waals surface area contributed by atoms with Crippen molar-refractivity contribution in [2.45, 2.75) is 26.2 Å². The summed E-state index contributed by atoms with van der Waals surface area (Å²) in [6, 6.07) is 2.84. The van der Waals surface area contributed by atoms with E-state index in [1.54, 1.807) is 0 Å². The van der Waals surface area contributed by atoms with E-state index in [1.807, 2.05) is 6.92 Å². The molecule has 0 bridgehead atoms. The molecule has 0 spiro atoms. The van der Waals surface area contributed by atoms with Gasteiger partial charge in [0.2, 0.25) is 0 Å². The maximum absolute atomic E-state index is 11.1. The SMILES string of the molecule is CCOc1cc(C(=O)O)cc(Cl)c1OCCN1CCCCC1. The van der Waals surface area contributed by atoms with Gasteiger partial charge in [-0.3, -0.25) is 4.90 Å². The lowest BCUT2D eigenvalue weighted by molar-refractivity contribution is 0.0696. The minimum Gasteiger partial charge on any atom is -0.490 e. The zero-order valence-corrected chi connectivity index (χ0v) is 13.6. The van der Waals surface area contributed by atoms with Gasteiger partial charge in [-0.15, -0.1) is 0 Å². The van der Waals surface area contributed by atoms with Crippen LogP contribution in [-0.4, -0.2) is 48.8 Å². The van der Waals surface area contributed by atoms with Crippen LogP contribution in [0.2, 0.25) is 5.02 Å². The van der Waals surface area contributed by atoms with Gasteiger partial charge in [0, 0.05) is 6.54 Å². The van der Waals surface area contributed by atoms with Gasteiger partial charge in [0.25, 0.3) is 0 Å². The van der Waals surface area contributed by atoms with Crippen LogP contribution in [-0.2, 0) is 0 Å². The number of nitrogens with zero attached hydrogens (tertiary/aromatic N) is 1. The monoisotopic (exact) mass is 327 g/mol. The quantitative estimate of drug-likeness (QED) is 0.832. The number of carboxylic acids is 1. The highest BCUT2D eigenvalue weighted by atomic mass is 35.5. The predicted molar refractivity (Wildman–Crippen MR) is 85.4 cm³/mol. The summed E-state index contributed by atoms with van der Waals surface area (Å²) in [4.78, 5) is 13.4. The van der Waals surface area contributed by atoms with E-state index >= 15 is 0 Å². The summed E-state index contributed by atoms with van der Waals surface area (Å²) in [7, 11) is 0. The molecule has 1 aromatic carbocycles. The van der Waals surface area contributed by atoms with Gasteiger partial charge < -0.3 is 14.6 Å². The summed E-state index contributed by atoms with van der Waals surface area (Å²) in [5, 5.41) is 9.34. The molecule has 0 amide bonds. The summed E-state index contributed by atoms with van der Waals surface area (Å²) < 4.78 is 11.2. The van der Waals surface area contributed by atoms with E-state index < -0.39 is 5.97 Å². The second kappa shape index (κ2) is 8.25. The first-order valence-electron chi connectivity index (χ1n) is 7.66. The van der Waals surface area contributed by atoms with E-state index in [0.29, 0.717) is 24.7 Å². The maximum Gasteiger partial charge on any atom is 0.335 e. The molecule has 22 heavy (non-hydrogen) atoms. The van der Waals surface area contributed by atoms with E-state index in [0.717, 1.165) is 19.6 Å². The molecule has 6 heteroatoms. The Bertz CT molecular complexity index is 515. The van der Waals surface area contributed by atoms with Crippen molar-refractivity contribution < 1.29 is 19.4 Å². The van der Waals surface area contributed by atoms with Gasteiger partial charge in [0.1, 0.15) is 6.61 Å². The van der Waals surface area contributed by atoms with Crippen molar-refractivity contribution in [3.63, 3.8) is 0 Å². The first-order valence-corrected chi connectivity index (χ1v) is 8.04. The molecule has 1 saturated heterocycles. The van der Waals surface area contributed by atoms with Crippen LogP contribution in [0.25, 0.3) is 0 Å². The molecule has 2 rings (SSSR count). The van der Waals surface area contributed by atoms with Crippen molar-refractivity contribution in [3.05, 3.63) is 22.7 Å². The Morgan fingerprint density at radius 1 is 1.27 bits per heavy atom. The average Bonchev–Trinajstić information content (AvgIpc) is 2.50. The van der Waals surface area contributed by atoms with Gasteiger partial charge in [0.05, 0.1) is 17.2 Å². The lowest BCUT2D eigenvalue weighted by Gasteiger charge is -2.26. The largest absolute Gasteiger partial charge is 0.490 e. The molecule has 0 saturated carbocycles. The number of benzene rings is 1. The maximum atomic E-state index is 11.1. The third kappa shape index (κ3) is 4.52. The number of hydrogen-bond donors (Lipinski definition) is 1. The number of carboxylic acid groups (broad SMARTS) is 1. The Morgan fingerprint density at radius 3 is 2.64 bits per heavy atom. The van der Waals surface area contributed by atoms with E-state index in [2.05, 4.69) is 4.90 Å². The molecular weight excluding hydrogens is 306 g/mol. The van der Waals surface area contributed by atoms with Gasteiger partial charge in [-0.1, -0.05) is 18.0 Å². The second-order valence-corrected chi connectivity index (χ2v) is 5.68. The first-order chi connectivity index (χ1) is 10.6. The average molecular weight is 328 g/mol. The Balaban J connectivity index is 2.03. The molecule has 5 nitrogen and oxygen atoms in total. The number of rotatable bonds is 7. The highest BCUT2D eigenvalue weighted by Gasteiger charge is 2.16. The highest BCUT2D eigenvalue weighted by molar-refractivity contribution is 6.32. The lowest BCUT2D eigenvalue weighted by Crippen LogP contribution is -2.33. The third-order valence-electron chi connectivity index (χ3n) is 3.66. The normalized spacial score (nSPS) is 15.5. The van der Waals surface area contributed by atoms with E-state index in [1.165, 1.54) is 31.4 Å². The highest BCUT2D eigenvalue weighted by Crippen LogP contribution is 2.36. The predicted octanol–water partition coefficient (Wildman–Crippen LogP) is 3.30. The molecule has 0 unspecified atom stereocenters. The van der Waals surface area contributed by atoms with Crippen LogP contribution in [0.1, 0.15) is 36.5 Å². The van der Waals surface area contributed by atoms with E-state index in [9.17, 15) is 4.79 Å². The summed E-state index contributed by atoms with van der Waals surface area (Å²) in [5.41, 5.74) is 0.0943. The van der Waals surface area contributed by atoms with Gasteiger partial charge in [-0.05, 0) is 45.0 Å². The van der Waals surface area contributed by atoms with Gasteiger partial charge in [-0.2, -0.15) is 0 Å². The van der Waals surface area contributed by atoms with Gasteiger partial charge in [-0.25, -0.2) is 4.79 Å². The van der Waals surface area contributed by atoms with Crippen molar-refractivity contribution in [2.75, 3.05) is 32.8 Å². The Kier molecular flexibility index (Phi) is 6.34. The Labute approximate surface area is 135 Å². The summed E-state index contributed by atoms with van der Waals surface area (Å²) >= 11 is 6.15.